The van der Waals surface area contributed by atoms with Crippen molar-refractivity contribution in [3.05, 3.63) is 46.4 Å². The molecular formula is C13H14NO5. The molecule has 0 saturated carbocycles. The zero-order chi connectivity index (χ0) is 14.4. The summed E-state index contributed by atoms with van der Waals surface area (Å²) < 4.78 is 4.79. The Balaban J connectivity index is 2.91. The molecule has 1 radical (unpaired) electrons. The number of esters is 1. The lowest BCUT2D eigenvalue weighted by molar-refractivity contribution is -0.384. The van der Waals surface area contributed by atoms with Crippen LogP contribution in [0.3, 0.4) is 0 Å². The van der Waals surface area contributed by atoms with Gasteiger partial charge in [-0.25, -0.2) is 0 Å². The van der Waals surface area contributed by atoms with E-state index in [2.05, 4.69) is 0 Å². The van der Waals surface area contributed by atoms with Crippen LogP contribution in [0.2, 0.25) is 0 Å². The number of carbonyl (C=O) groups excluding carboxylic acids is 2. The van der Waals surface area contributed by atoms with Gasteiger partial charge in [-0.1, -0.05) is 12.1 Å². The average molecular weight is 264 g/mol. The van der Waals surface area contributed by atoms with Crippen molar-refractivity contribution < 1.29 is 19.2 Å². The van der Waals surface area contributed by atoms with Crippen LogP contribution in [0.1, 0.15) is 19.4 Å². The standard InChI is InChI=1S/C13H14NO5/c1-3-19-13(16)12(9(2)15)8-10-5-4-6-11(7-10)14(17)18/h4-8,12H,3H2,1-2H3. The summed E-state index contributed by atoms with van der Waals surface area (Å²) in [5.41, 5.74) is 0.336. The second-order valence-corrected chi connectivity index (χ2v) is 3.86. The van der Waals surface area contributed by atoms with Gasteiger partial charge in [0.25, 0.3) is 5.69 Å². The van der Waals surface area contributed by atoms with Crippen LogP contribution < -0.4 is 0 Å². The Bertz CT molecular complexity index is 498. The minimum absolute atomic E-state index is 0.0973. The van der Waals surface area contributed by atoms with Crippen LogP contribution in [0.25, 0.3) is 0 Å². The fourth-order valence-electron chi connectivity index (χ4n) is 1.52. The van der Waals surface area contributed by atoms with Crippen LogP contribution >= 0.6 is 0 Å². The molecule has 0 amide bonds. The van der Waals surface area contributed by atoms with Gasteiger partial charge in [-0.15, -0.1) is 0 Å². The van der Waals surface area contributed by atoms with Crippen molar-refractivity contribution in [2.24, 2.45) is 5.92 Å². The number of hydrogen-bond donors (Lipinski definition) is 0. The molecule has 1 atom stereocenters. The number of carbonyl (C=O) groups is 2. The van der Waals surface area contributed by atoms with E-state index in [9.17, 15) is 19.7 Å². The molecule has 1 unspecified atom stereocenters. The number of hydrogen-bond acceptors (Lipinski definition) is 5. The number of nitrogens with zero attached hydrogens (tertiary/aromatic N) is 1. The minimum Gasteiger partial charge on any atom is -0.465 e. The first-order valence-corrected chi connectivity index (χ1v) is 5.72. The van der Waals surface area contributed by atoms with Crippen LogP contribution in [0.15, 0.2) is 24.3 Å². The van der Waals surface area contributed by atoms with E-state index in [4.69, 9.17) is 4.74 Å². The molecule has 0 fully saturated rings. The molecule has 0 spiro atoms. The third kappa shape index (κ3) is 4.17. The Hall–Kier alpha value is -2.24. The summed E-state index contributed by atoms with van der Waals surface area (Å²) in [6.07, 6.45) is 1.37. The topological polar surface area (TPSA) is 86.5 Å². The van der Waals surface area contributed by atoms with Crippen LogP contribution in [0, 0.1) is 22.5 Å². The van der Waals surface area contributed by atoms with Crippen molar-refractivity contribution in [3.63, 3.8) is 0 Å². The highest BCUT2D eigenvalue weighted by atomic mass is 16.6. The highest BCUT2D eigenvalue weighted by molar-refractivity contribution is 5.99. The molecule has 0 N–H and O–H groups in total. The molecule has 0 bridgehead atoms. The van der Waals surface area contributed by atoms with Gasteiger partial charge in [0.05, 0.1) is 11.5 Å². The average Bonchev–Trinajstić information content (AvgIpc) is 2.36. The van der Waals surface area contributed by atoms with Crippen molar-refractivity contribution in [1.82, 2.24) is 0 Å². The number of Topliss-reactive ketones (excluding diaryl/α,β-unsaturated/α-hetero) is 1. The quantitative estimate of drug-likeness (QED) is 0.339. The highest BCUT2D eigenvalue weighted by Gasteiger charge is 2.25. The predicted molar refractivity (Wildman–Crippen MR) is 67.3 cm³/mol. The summed E-state index contributed by atoms with van der Waals surface area (Å²) in [7, 11) is 0. The number of nitro groups is 1. The third-order valence-corrected chi connectivity index (χ3v) is 2.42. The number of benzene rings is 1. The molecule has 0 heterocycles. The Morgan fingerprint density at radius 1 is 1.47 bits per heavy atom. The molecule has 1 rings (SSSR count). The predicted octanol–water partition coefficient (Wildman–Crippen LogP) is 1.92. The van der Waals surface area contributed by atoms with E-state index in [-0.39, 0.29) is 18.1 Å². The van der Waals surface area contributed by atoms with Crippen molar-refractivity contribution in [3.8, 4) is 0 Å². The molecule has 0 aliphatic carbocycles. The maximum atomic E-state index is 11.6. The lowest BCUT2D eigenvalue weighted by atomic mass is 9.96. The van der Waals surface area contributed by atoms with Crippen molar-refractivity contribution in [1.29, 1.82) is 0 Å². The number of non-ortho nitro benzene ring substituents is 1. The van der Waals surface area contributed by atoms with Gasteiger partial charge < -0.3 is 4.74 Å². The maximum absolute atomic E-state index is 11.6. The lowest BCUT2D eigenvalue weighted by Crippen LogP contribution is -2.25. The summed E-state index contributed by atoms with van der Waals surface area (Å²) >= 11 is 0. The van der Waals surface area contributed by atoms with Crippen molar-refractivity contribution in [2.45, 2.75) is 13.8 Å². The second-order valence-electron chi connectivity index (χ2n) is 3.86. The van der Waals surface area contributed by atoms with Crippen LogP contribution in [0.4, 0.5) is 5.69 Å². The Morgan fingerprint density at radius 3 is 2.68 bits per heavy atom. The molecule has 6 heteroatoms. The van der Waals surface area contributed by atoms with E-state index in [1.807, 2.05) is 0 Å². The van der Waals surface area contributed by atoms with E-state index < -0.39 is 16.8 Å². The number of rotatable bonds is 6. The molecule has 0 aromatic heterocycles. The summed E-state index contributed by atoms with van der Waals surface area (Å²) in [5, 5.41) is 10.6. The van der Waals surface area contributed by atoms with Crippen LogP contribution in [-0.2, 0) is 14.3 Å². The van der Waals surface area contributed by atoms with Gasteiger partial charge in [-0.05, 0) is 19.4 Å². The molecule has 1 aromatic carbocycles. The smallest absolute Gasteiger partial charge is 0.317 e. The van der Waals surface area contributed by atoms with Gasteiger partial charge in [0.1, 0.15) is 11.7 Å². The third-order valence-electron chi connectivity index (χ3n) is 2.42. The number of ether oxygens (including phenoxy) is 1. The number of nitro benzene ring substituents is 1. The Labute approximate surface area is 110 Å². The fourth-order valence-corrected chi connectivity index (χ4v) is 1.52. The van der Waals surface area contributed by atoms with Gasteiger partial charge in [-0.2, -0.15) is 0 Å². The first-order chi connectivity index (χ1) is 8.95. The van der Waals surface area contributed by atoms with Crippen LogP contribution in [0.5, 0.6) is 0 Å². The van der Waals surface area contributed by atoms with Crippen LogP contribution in [-0.4, -0.2) is 23.3 Å². The fraction of sp³-hybridized carbons (Fsp3) is 0.308. The molecule has 0 saturated heterocycles. The molecule has 1 aromatic rings. The normalized spacial score (nSPS) is 11.7. The van der Waals surface area contributed by atoms with E-state index >= 15 is 0 Å². The first-order valence-electron chi connectivity index (χ1n) is 5.72. The minimum atomic E-state index is -1.04. The van der Waals surface area contributed by atoms with E-state index in [1.165, 1.54) is 31.5 Å². The second kappa shape index (κ2) is 6.63. The zero-order valence-electron chi connectivity index (χ0n) is 10.7. The first kappa shape index (κ1) is 14.8. The highest BCUT2D eigenvalue weighted by Crippen LogP contribution is 2.19. The maximum Gasteiger partial charge on any atom is 0.317 e. The monoisotopic (exact) mass is 264 g/mol. The van der Waals surface area contributed by atoms with E-state index in [1.54, 1.807) is 13.0 Å². The number of ketones is 1. The van der Waals surface area contributed by atoms with E-state index in [0.29, 0.717) is 5.56 Å². The van der Waals surface area contributed by atoms with Gasteiger partial charge in [0, 0.05) is 18.6 Å². The lowest BCUT2D eigenvalue weighted by Gasteiger charge is -2.11. The summed E-state index contributed by atoms with van der Waals surface area (Å²) in [6, 6.07) is 5.72. The molecule has 6 nitrogen and oxygen atoms in total. The molecule has 0 aliphatic rings. The summed E-state index contributed by atoms with van der Waals surface area (Å²) in [4.78, 5) is 33.1. The zero-order valence-corrected chi connectivity index (χ0v) is 10.7. The summed E-state index contributed by atoms with van der Waals surface area (Å²) in [6.45, 7) is 3.09. The molecule has 0 aliphatic heterocycles. The van der Waals surface area contributed by atoms with Crippen molar-refractivity contribution in [2.75, 3.05) is 6.61 Å². The summed E-state index contributed by atoms with van der Waals surface area (Å²) in [5.74, 6) is -2.06. The van der Waals surface area contributed by atoms with Gasteiger partial charge in [0.15, 0.2) is 0 Å². The molecular weight excluding hydrogens is 250 g/mol. The van der Waals surface area contributed by atoms with Gasteiger partial charge >= 0.3 is 5.97 Å². The SMILES string of the molecule is CCOC(=O)C([CH]c1cccc([N+](=O)[O-])c1)C(C)=O. The van der Waals surface area contributed by atoms with Gasteiger partial charge in [0.2, 0.25) is 0 Å². The largest absolute Gasteiger partial charge is 0.465 e. The van der Waals surface area contributed by atoms with Crippen molar-refractivity contribution >= 4 is 17.4 Å². The Kier molecular flexibility index (Phi) is 5.17. The molecule has 101 valence electrons. The Morgan fingerprint density at radius 2 is 2.16 bits per heavy atom. The van der Waals surface area contributed by atoms with Gasteiger partial charge in [-0.3, -0.25) is 19.7 Å². The molecule has 19 heavy (non-hydrogen) atoms. The van der Waals surface area contributed by atoms with E-state index in [0.717, 1.165) is 0 Å².